The molecule has 9 nitrogen and oxygen atoms in total. The van der Waals surface area contributed by atoms with Gasteiger partial charge in [0.1, 0.15) is 11.6 Å². The summed E-state index contributed by atoms with van der Waals surface area (Å²) in [4.78, 5) is 17.8. The lowest BCUT2D eigenvalue weighted by Crippen LogP contribution is -2.45. The van der Waals surface area contributed by atoms with Gasteiger partial charge in [0.15, 0.2) is 0 Å². The molecule has 2 aromatic carbocycles. The Morgan fingerprint density at radius 1 is 1.14 bits per heavy atom. The minimum Gasteiger partial charge on any atom is -0.493 e. The van der Waals surface area contributed by atoms with Crippen molar-refractivity contribution in [2.45, 2.75) is 19.9 Å². The number of aliphatic imine (C=N–C) groups is 1. The van der Waals surface area contributed by atoms with Gasteiger partial charge in [-0.1, -0.05) is 36.4 Å². The van der Waals surface area contributed by atoms with Gasteiger partial charge in [-0.2, -0.15) is 9.39 Å². The van der Waals surface area contributed by atoms with Crippen LogP contribution in [-0.2, 0) is 21.2 Å². The number of para-hydroxylation sites is 2. The van der Waals surface area contributed by atoms with Gasteiger partial charge in [-0.05, 0) is 37.1 Å². The van der Waals surface area contributed by atoms with E-state index < -0.39 is 15.7 Å². The summed E-state index contributed by atoms with van der Waals surface area (Å²) in [6.45, 7) is 3.25. The molecule has 0 aliphatic carbocycles. The van der Waals surface area contributed by atoms with Crippen LogP contribution in [0, 0.1) is 12.3 Å². The average Bonchev–Trinajstić information content (AvgIpc) is 3.42. The first-order chi connectivity index (χ1) is 17.2. The second kappa shape index (κ2) is 9.40. The third-order valence-corrected chi connectivity index (χ3v) is 7.59. The maximum Gasteiger partial charge on any atom is 0.283 e. The Labute approximate surface area is 212 Å². The van der Waals surface area contributed by atoms with Crippen LogP contribution in [0.3, 0.4) is 0 Å². The predicted octanol–water partition coefficient (Wildman–Crippen LogP) is 4.04. The van der Waals surface area contributed by atoms with Gasteiger partial charge >= 0.3 is 0 Å². The third kappa shape index (κ3) is 4.47. The Hall–Kier alpha value is -3.70. The molecule has 3 aromatic rings. The summed E-state index contributed by atoms with van der Waals surface area (Å²) >= 11 is 0.774. The van der Waals surface area contributed by atoms with E-state index in [1.807, 2.05) is 61.7 Å². The minimum atomic E-state index is -3.71. The van der Waals surface area contributed by atoms with Gasteiger partial charge in [-0.25, -0.2) is 13.3 Å². The first kappa shape index (κ1) is 24.0. The molecule has 1 amide bonds. The molecule has 5 rings (SSSR count). The molecule has 184 valence electrons. The number of rotatable bonds is 6. The zero-order valence-electron chi connectivity index (χ0n) is 19.6. The zero-order valence-corrected chi connectivity index (χ0v) is 21.3. The molecule has 0 fully saturated rings. The molecule has 3 heterocycles. The summed E-state index contributed by atoms with van der Waals surface area (Å²) in [7, 11) is -3.71. The molecule has 0 atom stereocenters. The number of hydrogen-bond acceptors (Lipinski definition) is 7. The van der Waals surface area contributed by atoms with E-state index in [1.54, 1.807) is 6.08 Å². The highest BCUT2D eigenvalue weighted by Gasteiger charge is 2.41. The second-order valence-corrected chi connectivity index (χ2v) is 11.1. The van der Waals surface area contributed by atoms with Crippen molar-refractivity contribution in [3.63, 3.8) is 0 Å². The fourth-order valence-corrected chi connectivity index (χ4v) is 5.95. The van der Waals surface area contributed by atoms with Crippen LogP contribution in [0.15, 0.2) is 69.7 Å². The van der Waals surface area contributed by atoms with Crippen molar-refractivity contribution in [1.82, 2.24) is 9.47 Å². The second-order valence-electron chi connectivity index (χ2n) is 8.44. The van der Waals surface area contributed by atoms with Crippen molar-refractivity contribution < 1.29 is 17.9 Å². The average molecular weight is 522 g/mol. The number of amides is 1. The maximum absolute atomic E-state index is 12.8. The van der Waals surface area contributed by atoms with Gasteiger partial charge in [-0.15, -0.1) is 0 Å². The Kier molecular flexibility index (Phi) is 6.27. The molecule has 0 saturated heterocycles. The van der Waals surface area contributed by atoms with Crippen molar-refractivity contribution in [3.05, 3.63) is 71.4 Å². The van der Waals surface area contributed by atoms with Crippen LogP contribution in [0.4, 0.5) is 0 Å². The van der Waals surface area contributed by atoms with Crippen molar-refractivity contribution in [1.29, 1.82) is 5.41 Å². The summed E-state index contributed by atoms with van der Waals surface area (Å²) < 4.78 is 36.2. The summed E-state index contributed by atoms with van der Waals surface area (Å²) in [5, 5.41) is 9.27. The highest BCUT2D eigenvalue weighted by atomic mass is 32.2. The maximum atomic E-state index is 12.8. The first-order valence-electron chi connectivity index (χ1n) is 11.2. The standard InChI is InChI=1S/C25H23N5O4S2/c1-16-8-3-6-11-21(16)34-13-7-12-29-15-17(18-9-4-5-10-20(18)29)14-19-22(26)30-24(27-23(19)31)35-28-25(30)36(2,32)33/h3-6,8-11,14-15,26H,7,12-13H2,1-2H3. The highest BCUT2D eigenvalue weighted by molar-refractivity contribution is 8.16. The van der Waals surface area contributed by atoms with E-state index in [0.717, 1.165) is 57.3 Å². The van der Waals surface area contributed by atoms with Crippen LogP contribution in [0.2, 0.25) is 0 Å². The summed E-state index contributed by atoms with van der Waals surface area (Å²) in [6, 6.07) is 15.7. The molecule has 1 aromatic heterocycles. The smallest absolute Gasteiger partial charge is 0.283 e. The normalized spacial score (nSPS) is 16.9. The molecule has 0 bridgehead atoms. The molecule has 2 aliphatic rings. The van der Waals surface area contributed by atoms with Gasteiger partial charge in [0.05, 0.1) is 24.1 Å². The fourth-order valence-electron chi connectivity index (χ4n) is 4.10. The first-order valence-corrected chi connectivity index (χ1v) is 13.9. The number of carbonyl (C=O) groups excluding carboxylic acids is 1. The third-order valence-electron chi connectivity index (χ3n) is 5.84. The topological polar surface area (TPSA) is 117 Å². The lowest BCUT2D eigenvalue weighted by Gasteiger charge is -2.23. The Balaban J connectivity index is 1.41. The van der Waals surface area contributed by atoms with Crippen LogP contribution >= 0.6 is 11.9 Å². The van der Waals surface area contributed by atoms with Gasteiger partial charge in [0, 0.05) is 35.5 Å². The van der Waals surface area contributed by atoms with Crippen molar-refractivity contribution in [2.24, 2.45) is 9.39 Å². The van der Waals surface area contributed by atoms with E-state index in [0.29, 0.717) is 13.2 Å². The van der Waals surface area contributed by atoms with E-state index in [9.17, 15) is 13.2 Å². The molecule has 1 N–H and O–H groups in total. The molecule has 0 radical (unpaired) electrons. The van der Waals surface area contributed by atoms with Gasteiger partial charge in [0.2, 0.25) is 20.2 Å². The number of benzene rings is 2. The Bertz CT molecular complexity index is 1600. The van der Waals surface area contributed by atoms with E-state index >= 15 is 0 Å². The quantitative estimate of drug-likeness (QED) is 0.297. The molecule has 36 heavy (non-hydrogen) atoms. The van der Waals surface area contributed by atoms with Crippen molar-refractivity contribution in [3.8, 4) is 5.75 Å². The molecule has 2 aliphatic heterocycles. The summed E-state index contributed by atoms with van der Waals surface area (Å²) in [6.07, 6.45) is 5.30. The monoisotopic (exact) mass is 521 g/mol. The number of amidine groups is 3. The number of nitrogens with one attached hydrogen (secondary N) is 1. The predicted molar refractivity (Wildman–Crippen MR) is 143 cm³/mol. The Morgan fingerprint density at radius 2 is 1.89 bits per heavy atom. The van der Waals surface area contributed by atoms with Crippen LogP contribution in [0.25, 0.3) is 17.0 Å². The highest BCUT2D eigenvalue weighted by Crippen LogP contribution is 2.31. The number of fused-ring (bicyclic) bond motifs is 2. The minimum absolute atomic E-state index is 0.00314. The summed E-state index contributed by atoms with van der Waals surface area (Å²) in [5.41, 5.74) is 2.81. The zero-order chi connectivity index (χ0) is 25.4. The number of sulfone groups is 1. The summed E-state index contributed by atoms with van der Waals surface area (Å²) in [5.74, 6) is 0.00131. The number of nitrogens with zero attached hydrogens (tertiary/aromatic N) is 4. The van der Waals surface area contributed by atoms with Crippen LogP contribution < -0.4 is 4.74 Å². The SMILES string of the molecule is Cc1ccccc1OCCCn1cc(C=C2C(=N)N3C(=NC2=O)SN=C3S(C)(=O)=O)c2ccccc21. The van der Waals surface area contributed by atoms with Crippen molar-refractivity contribution >= 4 is 60.8 Å². The Morgan fingerprint density at radius 3 is 2.67 bits per heavy atom. The largest absolute Gasteiger partial charge is 0.493 e. The molecule has 0 spiro atoms. The van der Waals surface area contributed by atoms with E-state index in [4.69, 9.17) is 10.1 Å². The number of aromatic nitrogens is 1. The van der Waals surface area contributed by atoms with Crippen LogP contribution in [-0.4, -0.2) is 52.8 Å². The molecule has 0 unspecified atom stereocenters. The number of carbonyl (C=O) groups is 1. The lowest BCUT2D eigenvalue weighted by molar-refractivity contribution is -0.114. The number of ether oxygens (including phenoxy) is 1. The molecule has 0 saturated carbocycles. The van der Waals surface area contributed by atoms with Crippen LogP contribution in [0.5, 0.6) is 5.75 Å². The van der Waals surface area contributed by atoms with Gasteiger partial charge in [-0.3, -0.25) is 10.2 Å². The van der Waals surface area contributed by atoms with Crippen LogP contribution in [0.1, 0.15) is 17.5 Å². The van der Waals surface area contributed by atoms with Gasteiger partial charge < -0.3 is 9.30 Å². The fraction of sp³-hybridized carbons (Fsp3) is 0.200. The van der Waals surface area contributed by atoms with Crippen molar-refractivity contribution in [2.75, 3.05) is 12.9 Å². The lowest BCUT2D eigenvalue weighted by atomic mass is 10.1. The molecular formula is C25H23N5O4S2. The molecular weight excluding hydrogens is 498 g/mol. The van der Waals surface area contributed by atoms with Gasteiger partial charge in [0.25, 0.3) is 5.91 Å². The number of hydrogen-bond donors (Lipinski definition) is 1. The van der Waals surface area contributed by atoms with E-state index in [1.165, 1.54) is 0 Å². The number of aryl methyl sites for hydroxylation is 2. The molecule has 11 heteroatoms. The van der Waals surface area contributed by atoms with E-state index in [-0.39, 0.29) is 21.7 Å². The van der Waals surface area contributed by atoms with E-state index in [2.05, 4.69) is 14.0 Å².